The molecular formula is C31H39N3O3. The van der Waals surface area contributed by atoms with Crippen molar-refractivity contribution < 1.29 is 14.6 Å². The number of hydrogen-bond donors (Lipinski definition) is 2. The molecule has 3 rings (SSSR count). The molecule has 0 spiro atoms. The van der Waals surface area contributed by atoms with Crippen LogP contribution in [0.5, 0.6) is 5.75 Å². The number of aliphatic hydroxyl groups excluding tert-OH is 1. The van der Waals surface area contributed by atoms with Gasteiger partial charge in [-0.25, -0.2) is 0 Å². The van der Waals surface area contributed by atoms with E-state index in [2.05, 4.69) is 55.6 Å². The fraction of sp³-hybridized carbons (Fsp3) is 0.419. The quantitative estimate of drug-likeness (QED) is 0.331. The second-order valence-electron chi connectivity index (χ2n) is 10.2. The number of fused-ring (bicyclic) bond motifs is 1. The van der Waals surface area contributed by atoms with Gasteiger partial charge in [0.15, 0.2) is 0 Å². The van der Waals surface area contributed by atoms with Crippen molar-refractivity contribution in [1.82, 2.24) is 10.2 Å². The highest BCUT2D eigenvalue weighted by Crippen LogP contribution is 2.22. The summed E-state index contributed by atoms with van der Waals surface area (Å²) in [7, 11) is 0. The first-order chi connectivity index (χ1) is 17.8. The molecular weight excluding hydrogens is 462 g/mol. The third kappa shape index (κ3) is 8.04. The number of carbonyl (C=O) groups is 1. The lowest BCUT2D eigenvalue weighted by Crippen LogP contribution is -2.46. The predicted molar refractivity (Wildman–Crippen MR) is 149 cm³/mol. The van der Waals surface area contributed by atoms with Crippen LogP contribution >= 0.6 is 0 Å². The summed E-state index contributed by atoms with van der Waals surface area (Å²) >= 11 is 0. The Balaban J connectivity index is 1.55. The van der Waals surface area contributed by atoms with Gasteiger partial charge in [-0.2, -0.15) is 5.26 Å². The molecule has 196 valence electrons. The predicted octanol–water partition coefficient (Wildman–Crippen LogP) is 5.32. The van der Waals surface area contributed by atoms with Gasteiger partial charge in [0.05, 0.1) is 5.56 Å². The van der Waals surface area contributed by atoms with Crippen LogP contribution in [-0.4, -0.2) is 53.8 Å². The molecule has 0 aliphatic carbocycles. The minimum absolute atomic E-state index is 0.0405. The van der Waals surface area contributed by atoms with Crippen molar-refractivity contribution in [2.75, 3.05) is 26.2 Å². The first kappa shape index (κ1) is 28.2. The topological polar surface area (TPSA) is 85.6 Å². The fourth-order valence-electron chi connectivity index (χ4n) is 4.47. The van der Waals surface area contributed by atoms with Gasteiger partial charge in [0.1, 0.15) is 24.5 Å². The first-order valence-electron chi connectivity index (χ1n) is 13.1. The Morgan fingerprint density at radius 1 is 1.05 bits per heavy atom. The third-order valence-electron chi connectivity index (χ3n) is 6.33. The summed E-state index contributed by atoms with van der Waals surface area (Å²) in [5.41, 5.74) is 1.76. The van der Waals surface area contributed by atoms with Gasteiger partial charge in [-0.15, -0.1) is 0 Å². The van der Waals surface area contributed by atoms with E-state index in [0.29, 0.717) is 30.9 Å². The van der Waals surface area contributed by atoms with Crippen LogP contribution in [0.25, 0.3) is 10.8 Å². The van der Waals surface area contributed by atoms with Crippen LogP contribution in [0.1, 0.15) is 62.0 Å². The van der Waals surface area contributed by atoms with E-state index >= 15 is 0 Å². The molecule has 3 aromatic rings. The lowest BCUT2D eigenvalue weighted by molar-refractivity contribution is 0.0755. The van der Waals surface area contributed by atoms with E-state index in [1.807, 2.05) is 30.9 Å². The summed E-state index contributed by atoms with van der Waals surface area (Å²) in [5.74, 6) is 0.288. The molecule has 0 bridgehead atoms. The van der Waals surface area contributed by atoms with Gasteiger partial charge < -0.3 is 20.1 Å². The molecule has 0 heterocycles. The van der Waals surface area contributed by atoms with Crippen molar-refractivity contribution >= 4 is 16.7 Å². The van der Waals surface area contributed by atoms with E-state index in [9.17, 15) is 15.2 Å². The van der Waals surface area contributed by atoms with E-state index in [4.69, 9.17) is 4.74 Å². The highest BCUT2D eigenvalue weighted by Gasteiger charge is 2.21. The number of nitrogens with one attached hydrogen (secondary N) is 1. The largest absolute Gasteiger partial charge is 0.489 e. The lowest BCUT2D eigenvalue weighted by atomic mass is 9.93. The number of benzene rings is 3. The zero-order chi connectivity index (χ0) is 26.8. The SMILES string of the molecule is CCCN(CCC)C(=O)c1ccc(OC[C@H](O)CNC(C)(C)Cc2ccc3ccccc3c2)c(C#N)c1. The molecule has 3 aromatic carbocycles. The summed E-state index contributed by atoms with van der Waals surface area (Å²) in [6.45, 7) is 10.1. The molecule has 1 atom stereocenters. The summed E-state index contributed by atoms with van der Waals surface area (Å²) in [4.78, 5) is 14.7. The molecule has 6 nitrogen and oxygen atoms in total. The molecule has 0 saturated carbocycles. The molecule has 0 aromatic heterocycles. The molecule has 6 heteroatoms. The molecule has 0 aliphatic heterocycles. The third-order valence-corrected chi connectivity index (χ3v) is 6.33. The fourth-order valence-corrected chi connectivity index (χ4v) is 4.47. The molecule has 0 unspecified atom stereocenters. The van der Waals surface area contributed by atoms with Crippen molar-refractivity contribution in [2.45, 2.75) is 58.6 Å². The monoisotopic (exact) mass is 501 g/mol. The average molecular weight is 502 g/mol. The molecule has 2 N–H and O–H groups in total. The normalized spacial score (nSPS) is 12.2. The maximum Gasteiger partial charge on any atom is 0.253 e. The molecule has 0 radical (unpaired) electrons. The molecule has 37 heavy (non-hydrogen) atoms. The Labute approximate surface area is 220 Å². The number of rotatable bonds is 13. The van der Waals surface area contributed by atoms with Crippen molar-refractivity contribution in [3.63, 3.8) is 0 Å². The van der Waals surface area contributed by atoms with E-state index in [0.717, 1.165) is 19.3 Å². The summed E-state index contributed by atoms with van der Waals surface area (Å²) in [6.07, 6.45) is 1.81. The van der Waals surface area contributed by atoms with Gasteiger partial charge in [0, 0.05) is 30.7 Å². The Kier molecular flexibility index (Phi) is 10.1. The van der Waals surface area contributed by atoms with E-state index < -0.39 is 6.10 Å². The Bertz CT molecular complexity index is 1230. The van der Waals surface area contributed by atoms with Gasteiger partial charge in [0.25, 0.3) is 5.91 Å². The standard InChI is InChI=1S/C31H39N3O3/c1-5-15-34(16-6-2)30(36)26-13-14-29(27(18-26)20-32)37-22-28(35)21-33-31(3,4)19-23-11-12-24-9-7-8-10-25(24)17-23/h7-14,17-18,28,33,35H,5-6,15-16,19,21-22H2,1-4H3/t28-/m1/s1. The minimum Gasteiger partial charge on any atom is -0.489 e. The van der Waals surface area contributed by atoms with Crippen LogP contribution in [0.3, 0.4) is 0 Å². The average Bonchev–Trinajstić information content (AvgIpc) is 2.90. The van der Waals surface area contributed by atoms with Gasteiger partial charge >= 0.3 is 0 Å². The molecule has 1 amide bonds. The highest BCUT2D eigenvalue weighted by atomic mass is 16.5. The molecule has 0 fully saturated rings. The van der Waals surface area contributed by atoms with Gasteiger partial charge in [-0.1, -0.05) is 56.3 Å². The van der Waals surface area contributed by atoms with Crippen LogP contribution in [0.4, 0.5) is 0 Å². The number of carbonyl (C=O) groups excluding carboxylic acids is 1. The maximum atomic E-state index is 12.9. The van der Waals surface area contributed by atoms with E-state index in [1.54, 1.807) is 18.2 Å². The zero-order valence-corrected chi connectivity index (χ0v) is 22.5. The van der Waals surface area contributed by atoms with Crippen LogP contribution in [0, 0.1) is 11.3 Å². The number of β-amino-alcohol motifs (C(OH)–C–C–N with tert-alkyl or cyclic N) is 1. The highest BCUT2D eigenvalue weighted by molar-refractivity contribution is 5.94. The van der Waals surface area contributed by atoms with Gasteiger partial charge in [-0.3, -0.25) is 4.79 Å². The number of hydrogen-bond acceptors (Lipinski definition) is 5. The van der Waals surface area contributed by atoms with Crippen LogP contribution in [0.2, 0.25) is 0 Å². The van der Waals surface area contributed by atoms with E-state index in [1.165, 1.54) is 16.3 Å². The summed E-state index contributed by atoms with van der Waals surface area (Å²) in [5, 5.41) is 26.0. The first-order valence-corrected chi connectivity index (χ1v) is 13.1. The number of amides is 1. The smallest absolute Gasteiger partial charge is 0.253 e. The van der Waals surface area contributed by atoms with E-state index in [-0.39, 0.29) is 23.6 Å². The number of ether oxygens (including phenoxy) is 1. The van der Waals surface area contributed by atoms with Crippen LogP contribution < -0.4 is 10.1 Å². The van der Waals surface area contributed by atoms with Gasteiger partial charge in [-0.05, 0) is 67.6 Å². The zero-order valence-electron chi connectivity index (χ0n) is 22.5. The summed E-state index contributed by atoms with van der Waals surface area (Å²) < 4.78 is 5.77. The number of nitrogens with zero attached hydrogens (tertiary/aromatic N) is 2. The summed E-state index contributed by atoms with van der Waals surface area (Å²) in [6, 6.07) is 21.8. The Hall–Kier alpha value is -3.40. The van der Waals surface area contributed by atoms with Crippen molar-refractivity contribution in [2.24, 2.45) is 0 Å². The Morgan fingerprint density at radius 2 is 1.76 bits per heavy atom. The van der Waals surface area contributed by atoms with Crippen molar-refractivity contribution in [3.8, 4) is 11.8 Å². The minimum atomic E-state index is -0.756. The second-order valence-corrected chi connectivity index (χ2v) is 10.2. The van der Waals surface area contributed by atoms with Crippen molar-refractivity contribution in [3.05, 3.63) is 77.4 Å². The van der Waals surface area contributed by atoms with Crippen LogP contribution in [0.15, 0.2) is 60.7 Å². The Morgan fingerprint density at radius 3 is 2.43 bits per heavy atom. The molecule has 0 aliphatic rings. The lowest BCUT2D eigenvalue weighted by Gasteiger charge is -2.28. The maximum absolute atomic E-state index is 12.9. The second kappa shape index (κ2) is 13.2. The van der Waals surface area contributed by atoms with Crippen LogP contribution in [-0.2, 0) is 6.42 Å². The number of nitriles is 1. The van der Waals surface area contributed by atoms with Gasteiger partial charge in [0.2, 0.25) is 0 Å². The van der Waals surface area contributed by atoms with Crippen molar-refractivity contribution in [1.29, 1.82) is 5.26 Å². The molecule has 0 saturated heterocycles. The number of aliphatic hydroxyl groups is 1.